The summed E-state index contributed by atoms with van der Waals surface area (Å²) in [4.78, 5) is 34.6. The van der Waals surface area contributed by atoms with Crippen molar-refractivity contribution in [3.8, 4) is 0 Å². The number of nitrogens with one attached hydrogen (secondary N) is 1. The number of halogens is 1. The molecule has 0 spiro atoms. The van der Waals surface area contributed by atoms with Gasteiger partial charge in [-0.05, 0) is 54.6 Å². The highest BCUT2D eigenvalue weighted by atomic mass is 35.5. The van der Waals surface area contributed by atoms with Crippen LogP contribution in [0.4, 0.5) is 5.69 Å². The van der Waals surface area contributed by atoms with Crippen molar-refractivity contribution >= 4 is 34.7 Å². The lowest BCUT2D eigenvalue weighted by Gasteiger charge is -2.12. The third-order valence-corrected chi connectivity index (χ3v) is 5.57. The van der Waals surface area contributed by atoms with Gasteiger partial charge in [-0.25, -0.2) is 4.98 Å². The van der Waals surface area contributed by atoms with Gasteiger partial charge in [-0.3, -0.25) is 14.6 Å². The smallest absolute Gasteiger partial charge is 0.258 e. The lowest BCUT2D eigenvalue weighted by molar-refractivity contribution is 0.102. The minimum atomic E-state index is -0.368. The summed E-state index contributed by atoms with van der Waals surface area (Å²) in [5, 5.41) is 4.49. The lowest BCUT2D eigenvalue weighted by atomic mass is 10.0. The van der Waals surface area contributed by atoms with Gasteiger partial charge in [-0.15, -0.1) is 0 Å². The highest BCUT2D eigenvalue weighted by Gasteiger charge is 2.20. The Bertz CT molecular complexity index is 1470. The van der Waals surface area contributed by atoms with Gasteiger partial charge in [-0.2, -0.15) is 0 Å². The van der Waals surface area contributed by atoms with Crippen molar-refractivity contribution in [3.63, 3.8) is 0 Å². The number of rotatable bonds is 4. The summed E-state index contributed by atoms with van der Waals surface area (Å²) in [5.41, 5.74) is 2.84. The SMILES string of the molecule is O=C(C1=c2ccccc2=NCc2cccn21)c1ccc(NC(=O)c2cccnc2Cl)cc1. The average molecular weight is 441 g/mol. The number of para-hydroxylation sites is 1. The Balaban J connectivity index is 1.49. The fourth-order valence-corrected chi connectivity index (χ4v) is 3.90. The molecule has 0 saturated heterocycles. The molecule has 0 saturated carbocycles. The number of aromatic nitrogens is 2. The van der Waals surface area contributed by atoms with Gasteiger partial charge in [0.1, 0.15) is 10.9 Å². The van der Waals surface area contributed by atoms with Crippen LogP contribution < -0.4 is 15.9 Å². The first-order valence-electron chi connectivity index (χ1n) is 9.99. The zero-order valence-corrected chi connectivity index (χ0v) is 17.6. The zero-order chi connectivity index (χ0) is 22.1. The quantitative estimate of drug-likeness (QED) is 0.390. The molecule has 2 aromatic heterocycles. The normalized spacial score (nSPS) is 12.2. The third-order valence-electron chi connectivity index (χ3n) is 5.27. The number of hydrogen-bond acceptors (Lipinski definition) is 4. The van der Waals surface area contributed by atoms with E-state index in [1.54, 1.807) is 36.4 Å². The molecule has 3 heterocycles. The molecule has 0 aliphatic carbocycles. The van der Waals surface area contributed by atoms with Crippen LogP contribution in [0.1, 0.15) is 26.4 Å². The van der Waals surface area contributed by atoms with Crippen molar-refractivity contribution in [2.45, 2.75) is 6.54 Å². The summed E-state index contributed by atoms with van der Waals surface area (Å²) in [6.45, 7) is 0.503. The molecule has 32 heavy (non-hydrogen) atoms. The van der Waals surface area contributed by atoms with Crippen molar-refractivity contribution in [1.82, 2.24) is 9.55 Å². The molecule has 5 rings (SSSR count). The van der Waals surface area contributed by atoms with Crippen LogP contribution in [0.2, 0.25) is 5.15 Å². The van der Waals surface area contributed by atoms with Gasteiger partial charge in [0, 0.05) is 34.6 Å². The topological polar surface area (TPSA) is 76.3 Å². The number of pyridine rings is 1. The minimum Gasteiger partial charge on any atom is -0.322 e. The zero-order valence-electron chi connectivity index (χ0n) is 16.8. The van der Waals surface area contributed by atoms with Gasteiger partial charge in [-0.1, -0.05) is 29.8 Å². The highest BCUT2D eigenvalue weighted by molar-refractivity contribution is 6.33. The van der Waals surface area contributed by atoms with E-state index in [9.17, 15) is 9.59 Å². The first-order chi connectivity index (χ1) is 15.6. The second-order valence-corrected chi connectivity index (χ2v) is 7.61. The molecule has 0 atom stereocenters. The number of fused-ring (bicyclic) bond motifs is 2. The summed E-state index contributed by atoms with van der Waals surface area (Å²) in [5.74, 6) is -0.493. The van der Waals surface area contributed by atoms with Gasteiger partial charge in [0.15, 0.2) is 0 Å². The Hall–Kier alpha value is -4.03. The molecule has 156 valence electrons. The number of carbonyl (C=O) groups excluding carboxylic acids is 2. The third kappa shape index (κ3) is 3.61. The van der Waals surface area contributed by atoms with Crippen molar-refractivity contribution < 1.29 is 9.59 Å². The summed E-state index contributed by atoms with van der Waals surface area (Å²) in [6, 6.07) is 21.5. The Morgan fingerprint density at radius 2 is 1.75 bits per heavy atom. The maximum absolute atomic E-state index is 13.6. The van der Waals surface area contributed by atoms with Gasteiger partial charge in [0.05, 0.1) is 17.5 Å². The molecule has 1 aliphatic rings. The number of Topliss-reactive ketones (excluding diaryl/α,β-unsaturated/α-hetero) is 1. The summed E-state index contributed by atoms with van der Waals surface area (Å²) in [7, 11) is 0. The standard InChI is InChI=1S/C25H17ClN4O2/c26-24-20(7-3-13-27-24)25(32)29-17-11-9-16(10-12-17)23(31)22-19-6-1-2-8-21(19)28-15-18-5-4-14-30(18)22/h1-14H,15H2,(H,29,32). The Morgan fingerprint density at radius 1 is 0.938 bits per heavy atom. The van der Waals surface area contributed by atoms with Gasteiger partial charge in [0.25, 0.3) is 5.91 Å². The fourth-order valence-electron chi connectivity index (χ4n) is 3.70. The second kappa shape index (κ2) is 8.24. The summed E-state index contributed by atoms with van der Waals surface area (Å²) in [6.07, 6.45) is 3.40. The average Bonchev–Trinajstić information content (AvgIpc) is 3.21. The van der Waals surface area contributed by atoms with Crippen LogP contribution >= 0.6 is 11.6 Å². The Kier molecular flexibility index (Phi) is 5.13. The molecule has 1 amide bonds. The number of amides is 1. The lowest BCUT2D eigenvalue weighted by Crippen LogP contribution is -2.31. The molecule has 0 bridgehead atoms. The van der Waals surface area contributed by atoms with Crippen LogP contribution in [0.5, 0.6) is 0 Å². The molecule has 6 nitrogen and oxygen atoms in total. The van der Waals surface area contributed by atoms with E-state index in [2.05, 4.69) is 15.3 Å². The molecule has 7 heteroatoms. The predicted octanol–water partition coefficient (Wildman–Crippen LogP) is 3.46. The monoisotopic (exact) mass is 440 g/mol. The molecule has 0 fully saturated rings. The fraction of sp³-hybridized carbons (Fsp3) is 0.0400. The highest BCUT2D eigenvalue weighted by Crippen LogP contribution is 2.19. The molecule has 2 aromatic carbocycles. The molecule has 0 unspecified atom stereocenters. The van der Waals surface area contributed by atoms with Crippen LogP contribution in [-0.2, 0) is 6.54 Å². The van der Waals surface area contributed by atoms with E-state index in [-0.39, 0.29) is 22.4 Å². The van der Waals surface area contributed by atoms with E-state index >= 15 is 0 Å². The molecular weight excluding hydrogens is 424 g/mol. The van der Waals surface area contributed by atoms with E-state index in [0.717, 1.165) is 16.3 Å². The van der Waals surface area contributed by atoms with Gasteiger partial charge < -0.3 is 9.88 Å². The number of anilines is 1. The van der Waals surface area contributed by atoms with Crippen LogP contribution in [0.3, 0.4) is 0 Å². The second-order valence-electron chi connectivity index (χ2n) is 7.25. The maximum Gasteiger partial charge on any atom is 0.258 e. The van der Waals surface area contributed by atoms with E-state index in [1.807, 2.05) is 47.2 Å². The van der Waals surface area contributed by atoms with Crippen molar-refractivity contribution in [2.75, 3.05) is 5.32 Å². The minimum absolute atomic E-state index is 0.125. The first-order valence-corrected chi connectivity index (χ1v) is 10.4. The number of nitrogens with zero attached hydrogens (tertiary/aromatic N) is 3. The number of carbonyl (C=O) groups is 2. The number of hydrogen-bond donors (Lipinski definition) is 1. The molecule has 1 N–H and O–H groups in total. The molecule has 0 radical (unpaired) electrons. The summed E-state index contributed by atoms with van der Waals surface area (Å²) < 4.78 is 1.90. The van der Waals surface area contributed by atoms with Crippen LogP contribution in [0.25, 0.3) is 5.70 Å². The van der Waals surface area contributed by atoms with Crippen molar-refractivity contribution in [1.29, 1.82) is 0 Å². The summed E-state index contributed by atoms with van der Waals surface area (Å²) >= 11 is 6.00. The van der Waals surface area contributed by atoms with Crippen LogP contribution in [0.15, 0.2) is 90.2 Å². The largest absolute Gasteiger partial charge is 0.322 e. The molecule has 4 aromatic rings. The van der Waals surface area contributed by atoms with Gasteiger partial charge in [0.2, 0.25) is 5.78 Å². The Morgan fingerprint density at radius 3 is 2.56 bits per heavy atom. The molecular formula is C25H17ClN4O2. The number of ketones is 1. The van der Waals surface area contributed by atoms with Gasteiger partial charge >= 0.3 is 0 Å². The van der Waals surface area contributed by atoms with E-state index in [4.69, 9.17) is 11.6 Å². The number of benzene rings is 2. The van der Waals surface area contributed by atoms with E-state index in [1.165, 1.54) is 6.20 Å². The Labute approximate surface area is 188 Å². The van der Waals surface area contributed by atoms with Crippen molar-refractivity contribution in [2.24, 2.45) is 4.99 Å². The maximum atomic E-state index is 13.6. The van der Waals surface area contributed by atoms with Crippen LogP contribution in [-0.4, -0.2) is 21.2 Å². The predicted molar refractivity (Wildman–Crippen MR) is 122 cm³/mol. The van der Waals surface area contributed by atoms with Crippen LogP contribution in [0, 0.1) is 0 Å². The van der Waals surface area contributed by atoms with Crippen molar-refractivity contribution in [3.05, 3.63) is 118 Å². The first kappa shape index (κ1) is 19.9. The molecule has 1 aliphatic heterocycles. The van der Waals surface area contributed by atoms with E-state index in [0.29, 0.717) is 23.5 Å². The van der Waals surface area contributed by atoms with E-state index < -0.39 is 0 Å².